The second kappa shape index (κ2) is 10.6. The van der Waals surface area contributed by atoms with Gasteiger partial charge in [0.15, 0.2) is 0 Å². The number of hydrogen-bond acceptors (Lipinski definition) is 4. The molecule has 33 heavy (non-hydrogen) atoms. The van der Waals surface area contributed by atoms with E-state index in [0.29, 0.717) is 19.1 Å². The maximum absolute atomic E-state index is 10.7. The molecule has 1 fully saturated rings. The molecule has 4 rings (SSSR count). The largest absolute Gasteiger partial charge is 0.496 e. The van der Waals surface area contributed by atoms with Crippen molar-refractivity contribution < 1.29 is 14.6 Å². The van der Waals surface area contributed by atoms with E-state index in [4.69, 9.17) is 9.47 Å². The van der Waals surface area contributed by atoms with Crippen molar-refractivity contribution in [2.24, 2.45) is 5.92 Å². The summed E-state index contributed by atoms with van der Waals surface area (Å²) in [6, 6.07) is 21.1. The van der Waals surface area contributed by atoms with Crippen LogP contribution >= 0.6 is 15.9 Å². The minimum atomic E-state index is -0.580. The monoisotopic (exact) mass is 511 g/mol. The van der Waals surface area contributed by atoms with Crippen LogP contribution in [0.25, 0.3) is 10.8 Å². The Kier molecular flexibility index (Phi) is 7.75. The predicted octanol–water partition coefficient (Wildman–Crippen LogP) is 6.05. The molecule has 1 saturated carbocycles. The highest BCUT2D eigenvalue weighted by Crippen LogP contribution is 2.46. The van der Waals surface area contributed by atoms with Gasteiger partial charge in [-0.15, -0.1) is 0 Å². The molecule has 0 aliphatic heterocycles. The lowest BCUT2D eigenvalue weighted by Crippen LogP contribution is -2.46. The fourth-order valence-electron chi connectivity index (χ4n) is 4.39. The third-order valence-electron chi connectivity index (χ3n) is 6.30. The first-order valence-electron chi connectivity index (χ1n) is 11.7. The van der Waals surface area contributed by atoms with Crippen LogP contribution in [0.1, 0.15) is 43.9 Å². The molecule has 176 valence electrons. The summed E-state index contributed by atoms with van der Waals surface area (Å²) in [4.78, 5) is 0. The van der Waals surface area contributed by atoms with E-state index in [1.165, 1.54) is 16.3 Å². The summed E-state index contributed by atoms with van der Waals surface area (Å²) in [7, 11) is 1.69. The Labute approximate surface area is 205 Å². The summed E-state index contributed by atoms with van der Waals surface area (Å²) < 4.78 is 12.8. The molecule has 0 aromatic heterocycles. The van der Waals surface area contributed by atoms with Gasteiger partial charge in [0.1, 0.15) is 5.75 Å². The Morgan fingerprint density at radius 2 is 1.82 bits per heavy atom. The highest BCUT2D eigenvalue weighted by molar-refractivity contribution is 9.10. The van der Waals surface area contributed by atoms with Crippen LogP contribution in [0.3, 0.4) is 0 Å². The average Bonchev–Trinajstić information content (AvgIpc) is 3.63. The lowest BCUT2D eigenvalue weighted by molar-refractivity contribution is -0.0219. The summed E-state index contributed by atoms with van der Waals surface area (Å²) in [5.41, 5.74) is 2.20. The molecule has 2 atom stereocenters. The van der Waals surface area contributed by atoms with Gasteiger partial charge in [-0.1, -0.05) is 64.5 Å². The van der Waals surface area contributed by atoms with E-state index in [0.717, 1.165) is 35.0 Å². The van der Waals surface area contributed by atoms with Crippen molar-refractivity contribution in [2.45, 2.75) is 50.9 Å². The molecule has 1 aliphatic carbocycles. The van der Waals surface area contributed by atoms with Gasteiger partial charge in [0, 0.05) is 22.1 Å². The van der Waals surface area contributed by atoms with Crippen molar-refractivity contribution in [3.8, 4) is 5.75 Å². The van der Waals surface area contributed by atoms with Crippen molar-refractivity contribution in [3.63, 3.8) is 0 Å². The summed E-state index contributed by atoms with van der Waals surface area (Å²) in [5, 5.41) is 16.7. The third kappa shape index (κ3) is 6.57. The molecule has 0 heterocycles. The minimum Gasteiger partial charge on any atom is -0.496 e. The number of β-amino-alcohol motifs (C(OH)–C–C–N with tert-alkyl or cyclic N) is 1. The van der Waals surface area contributed by atoms with E-state index < -0.39 is 6.10 Å². The number of benzene rings is 3. The van der Waals surface area contributed by atoms with Crippen molar-refractivity contribution in [3.05, 3.63) is 76.3 Å². The van der Waals surface area contributed by atoms with Crippen LogP contribution in [0.5, 0.6) is 5.75 Å². The minimum absolute atomic E-state index is 0.0479. The molecule has 0 amide bonds. The van der Waals surface area contributed by atoms with Gasteiger partial charge in [-0.2, -0.15) is 0 Å². The zero-order valence-corrected chi connectivity index (χ0v) is 21.3. The van der Waals surface area contributed by atoms with Crippen LogP contribution in [0, 0.1) is 5.92 Å². The van der Waals surface area contributed by atoms with Gasteiger partial charge < -0.3 is 19.9 Å². The van der Waals surface area contributed by atoms with E-state index in [1.807, 2.05) is 12.1 Å². The second-order valence-corrected chi connectivity index (χ2v) is 10.7. The number of rotatable bonds is 11. The predicted molar refractivity (Wildman–Crippen MR) is 138 cm³/mol. The second-order valence-electron chi connectivity index (χ2n) is 9.75. The Hall–Kier alpha value is -1.92. The van der Waals surface area contributed by atoms with Crippen LogP contribution in [-0.4, -0.2) is 37.0 Å². The number of halogens is 1. The fourth-order valence-corrected chi connectivity index (χ4v) is 4.73. The topological polar surface area (TPSA) is 50.7 Å². The lowest BCUT2D eigenvalue weighted by Gasteiger charge is -2.29. The lowest BCUT2D eigenvalue weighted by atomic mass is 9.93. The molecule has 3 aromatic carbocycles. The summed E-state index contributed by atoms with van der Waals surface area (Å²) >= 11 is 3.51. The maximum atomic E-state index is 10.7. The number of hydrogen-bond donors (Lipinski definition) is 2. The first-order chi connectivity index (χ1) is 15.8. The molecule has 1 aliphatic rings. The van der Waals surface area contributed by atoms with E-state index in [1.54, 1.807) is 7.11 Å². The number of ether oxygens (including phenoxy) is 2. The van der Waals surface area contributed by atoms with Gasteiger partial charge in [-0.05, 0) is 67.5 Å². The van der Waals surface area contributed by atoms with Gasteiger partial charge in [0.05, 0.1) is 25.9 Å². The summed E-state index contributed by atoms with van der Waals surface area (Å²) in [6.07, 6.45) is 2.55. The molecule has 2 N–H and O–H groups in total. The van der Waals surface area contributed by atoms with Crippen molar-refractivity contribution in [1.82, 2.24) is 5.32 Å². The zero-order chi connectivity index (χ0) is 23.4. The zero-order valence-electron chi connectivity index (χ0n) is 19.7. The molecule has 0 spiro atoms. The van der Waals surface area contributed by atoms with Crippen LogP contribution in [0.15, 0.2) is 65.1 Å². The Balaban J connectivity index is 1.31. The van der Waals surface area contributed by atoms with E-state index in [9.17, 15) is 5.11 Å². The standard InChI is InChI=1S/C28H34BrNO3/c1-28(2,16-19-8-9-20-6-4-5-7-22(20)14-19)30-17-24(31)18-33-27(21-10-11-21)25-13-12-23(29)15-26(25)32-3/h4-9,12-15,21,24,27,30-31H,10-11,16-18H2,1-3H3. The maximum Gasteiger partial charge on any atom is 0.125 e. The van der Waals surface area contributed by atoms with Gasteiger partial charge in [-0.25, -0.2) is 0 Å². The summed E-state index contributed by atoms with van der Waals surface area (Å²) in [5.74, 6) is 1.31. The van der Waals surface area contributed by atoms with E-state index in [-0.39, 0.29) is 11.6 Å². The molecule has 0 radical (unpaired) electrons. The Morgan fingerprint density at radius 3 is 2.55 bits per heavy atom. The first-order valence-corrected chi connectivity index (χ1v) is 12.5. The van der Waals surface area contributed by atoms with Gasteiger partial charge in [0.2, 0.25) is 0 Å². The van der Waals surface area contributed by atoms with Crippen molar-refractivity contribution >= 4 is 26.7 Å². The molecular weight excluding hydrogens is 478 g/mol. The van der Waals surface area contributed by atoms with Gasteiger partial charge in [0.25, 0.3) is 0 Å². The van der Waals surface area contributed by atoms with E-state index in [2.05, 4.69) is 83.6 Å². The van der Waals surface area contributed by atoms with E-state index >= 15 is 0 Å². The molecule has 0 saturated heterocycles. The first kappa shape index (κ1) is 24.2. The van der Waals surface area contributed by atoms with Gasteiger partial charge >= 0.3 is 0 Å². The molecule has 4 nitrogen and oxygen atoms in total. The molecular formula is C28H34BrNO3. The Bertz CT molecular complexity index is 1080. The number of aliphatic hydroxyl groups is 1. The SMILES string of the molecule is COc1cc(Br)ccc1C(OCC(O)CNC(C)(C)Cc1ccc2ccccc2c1)C1CC1. The third-order valence-corrected chi connectivity index (χ3v) is 6.79. The molecule has 0 bridgehead atoms. The van der Waals surface area contributed by atoms with Crippen LogP contribution in [0.4, 0.5) is 0 Å². The highest BCUT2D eigenvalue weighted by Gasteiger charge is 2.35. The van der Waals surface area contributed by atoms with Crippen LogP contribution < -0.4 is 10.1 Å². The van der Waals surface area contributed by atoms with Crippen LogP contribution in [-0.2, 0) is 11.2 Å². The number of methoxy groups -OCH3 is 1. The fraction of sp³-hybridized carbons (Fsp3) is 0.429. The highest BCUT2D eigenvalue weighted by atomic mass is 79.9. The van der Waals surface area contributed by atoms with Crippen molar-refractivity contribution in [1.29, 1.82) is 0 Å². The molecule has 2 unspecified atom stereocenters. The Morgan fingerprint density at radius 1 is 1.06 bits per heavy atom. The molecule has 3 aromatic rings. The number of aliphatic hydroxyl groups excluding tert-OH is 1. The van der Waals surface area contributed by atoms with Gasteiger partial charge in [-0.3, -0.25) is 0 Å². The average molecular weight is 512 g/mol. The number of fused-ring (bicyclic) bond motifs is 1. The van der Waals surface area contributed by atoms with Crippen molar-refractivity contribution in [2.75, 3.05) is 20.3 Å². The number of nitrogens with one attached hydrogen (secondary N) is 1. The smallest absolute Gasteiger partial charge is 0.125 e. The van der Waals surface area contributed by atoms with Crippen LogP contribution in [0.2, 0.25) is 0 Å². The molecule has 5 heteroatoms. The normalized spacial score (nSPS) is 16.0. The summed E-state index contributed by atoms with van der Waals surface area (Å²) in [6.45, 7) is 5.12. The quantitative estimate of drug-likeness (QED) is 0.329.